The molecule has 1 fully saturated rings. The summed E-state index contributed by atoms with van der Waals surface area (Å²) in [4.78, 5) is 21.4. The van der Waals surface area contributed by atoms with E-state index in [1.165, 1.54) is 0 Å². The van der Waals surface area contributed by atoms with Gasteiger partial charge in [0.1, 0.15) is 0 Å². The van der Waals surface area contributed by atoms with E-state index < -0.39 is 6.09 Å². The first kappa shape index (κ1) is 11.8. The number of nitrogens with one attached hydrogen (secondary N) is 1. The molecule has 5 nitrogen and oxygen atoms in total. The van der Waals surface area contributed by atoms with Gasteiger partial charge in [-0.2, -0.15) is 0 Å². The lowest BCUT2D eigenvalue weighted by molar-refractivity contribution is -0.123. The summed E-state index contributed by atoms with van der Waals surface area (Å²) in [5, 5.41) is 11.0. The zero-order valence-corrected chi connectivity index (χ0v) is 8.90. The number of carbonyl (C=O) groups excluding carboxylic acids is 1. The van der Waals surface area contributed by atoms with Crippen LogP contribution in [0.4, 0.5) is 4.79 Å². The summed E-state index contributed by atoms with van der Waals surface area (Å²) in [6, 6.07) is -0.0451. The molecule has 0 aromatic carbocycles. The molecule has 0 spiro atoms. The molecule has 0 saturated heterocycles. The van der Waals surface area contributed by atoms with E-state index >= 15 is 0 Å². The number of carboxylic acid groups (broad SMARTS) is 1. The minimum absolute atomic E-state index is 0.0155. The first-order valence-corrected chi connectivity index (χ1v) is 5.29. The molecule has 2 amide bonds. The molecule has 1 aliphatic carbocycles. The molecule has 15 heavy (non-hydrogen) atoms. The maximum atomic E-state index is 10.9. The highest BCUT2D eigenvalue weighted by atomic mass is 16.4. The molecular formula is C10H18N2O3. The van der Waals surface area contributed by atoms with Crippen LogP contribution in [0.25, 0.3) is 0 Å². The molecule has 0 radical (unpaired) electrons. The van der Waals surface area contributed by atoms with Gasteiger partial charge in [-0.05, 0) is 38.5 Å². The molecule has 0 unspecified atom stereocenters. The normalized spacial score (nSPS) is 28.1. The second-order valence-electron chi connectivity index (χ2n) is 4.25. The summed E-state index contributed by atoms with van der Waals surface area (Å²) in [5.74, 6) is 0.0854. The Morgan fingerprint density at radius 3 is 2.27 bits per heavy atom. The van der Waals surface area contributed by atoms with E-state index in [4.69, 9.17) is 10.8 Å². The number of rotatable bonds is 3. The topological polar surface area (TPSA) is 92.4 Å². The number of amides is 2. The molecule has 1 aliphatic rings. The fourth-order valence-corrected chi connectivity index (χ4v) is 2.22. The SMILES string of the molecule is C[C@@H](NC(=O)O)C1CCC(C(N)=O)CC1. The van der Waals surface area contributed by atoms with Crippen molar-refractivity contribution in [3.63, 3.8) is 0 Å². The molecule has 0 heterocycles. The third kappa shape index (κ3) is 3.42. The van der Waals surface area contributed by atoms with Gasteiger partial charge in [0.15, 0.2) is 0 Å². The summed E-state index contributed by atoms with van der Waals surface area (Å²) in [5.41, 5.74) is 5.22. The van der Waals surface area contributed by atoms with Gasteiger partial charge in [-0.15, -0.1) is 0 Å². The van der Waals surface area contributed by atoms with E-state index in [0.29, 0.717) is 5.92 Å². The van der Waals surface area contributed by atoms with E-state index in [2.05, 4.69) is 5.32 Å². The third-order valence-electron chi connectivity index (χ3n) is 3.23. The van der Waals surface area contributed by atoms with Gasteiger partial charge >= 0.3 is 6.09 Å². The van der Waals surface area contributed by atoms with Gasteiger partial charge in [-0.25, -0.2) is 4.79 Å². The minimum atomic E-state index is -0.987. The first-order chi connectivity index (χ1) is 7.00. The summed E-state index contributed by atoms with van der Waals surface area (Å²) in [6.07, 6.45) is 2.32. The summed E-state index contributed by atoms with van der Waals surface area (Å²) in [6.45, 7) is 1.86. The fourth-order valence-electron chi connectivity index (χ4n) is 2.22. The van der Waals surface area contributed by atoms with Crippen molar-refractivity contribution in [3.8, 4) is 0 Å². The van der Waals surface area contributed by atoms with Gasteiger partial charge in [-0.3, -0.25) is 4.79 Å². The van der Waals surface area contributed by atoms with E-state index in [0.717, 1.165) is 25.7 Å². The maximum Gasteiger partial charge on any atom is 0.404 e. The average Bonchev–Trinajstić information content (AvgIpc) is 2.17. The Balaban J connectivity index is 2.36. The van der Waals surface area contributed by atoms with Crippen LogP contribution in [0.2, 0.25) is 0 Å². The van der Waals surface area contributed by atoms with Crippen molar-refractivity contribution in [2.45, 2.75) is 38.6 Å². The standard InChI is InChI=1S/C10H18N2O3/c1-6(12-10(14)15)7-2-4-8(5-3-7)9(11)13/h6-8,12H,2-5H2,1H3,(H2,11,13)(H,14,15)/t6-,7?,8?/m1/s1. The number of nitrogens with two attached hydrogens (primary N) is 1. The van der Waals surface area contributed by atoms with E-state index in [9.17, 15) is 9.59 Å². The average molecular weight is 214 g/mol. The number of hydrogen-bond acceptors (Lipinski definition) is 2. The molecule has 1 rings (SSSR count). The summed E-state index contributed by atoms with van der Waals surface area (Å²) < 4.78 is 0. The van der Waals surface area contributed by atoms with Gasteiger partial charge in [0.05, 0.1) is 0 Å². The quantitative estimate of drug-likeness (QED) is 0.652. The van der Waals surface area contributed by atoms with Gasteiger partial charge in [-0.1, -0.05) is 0 Å². The van der Waals surface area contributed by atoms with Crippen molar-refractivity contribution < 1.29 is 14.7 Å². The number of carbonyl (C=O) groups is 2. The van der Waals surface area contributed by atoms with Gasteiger partial charge < -0.3 is 16.2 Å². The molecule has 86 valence electrons. The lowest BCUT2D eigenvalue weighted by atomic mass is 9.78. The zero-order chi connectivity index (χ0) is 11.4. The van der Waals surface area contributed by atoms with Crippen LogP contribution in [0, 0.1) is 11.8 Å². The predicted molar refractivity (Wildman–Crippen MR) is 55.3 cm³/mol. The number of primary amides is 1. The van der Waals surface area contributed by atoms with Crippen LogP contribution in [0.3, 0.4) is 0 Å². The maximum absolute atomic E-state index is 10.9. The zero-order valence-electron chi connectivity index (χ0n) is 8.90. The lowest BCUT2D eigenvalue weighted by Gasteiger charge is -2.30. The molecule has 4 N–H and O–H groups in total. The van der Waals surface area contributed by atoms with Crippen molar-refractivity contribution >= 4 is 12.0 Å². The highest BCUT2D eigenvalue weighted by Gasteiger charge is 2.28. The van der Waals surface area contributed by atoms with Crippen LogP contribution >= 0.6 is 0 Å². The third-order valence-corrected chi connectivity index (χ3v) is 3.23. The van der Waals surface area contributed by atoms with Crippen molar-refractivity contribution in [2.75, 3.05) is 0 Å². The van der Waals surface area contributed by atoms with Crippen LogP contribution in [-0.4, -0.2) is 23.1 Å². The Morgan fingerprint density at radius 2 is 1.87 bits per heavy atom. The molecular weight excluding hydrogens is 196 g/mol. The van der Waals surface area contributed by atoms with Gasteiger partial charge in [0.2, 0.25) is 5.91 Å². The fraction of sp³-hybridized carbons (Fsp3) is 0.800. The Labute approximate surface area is 89.0 Å². The van der Waals surface area contributed by atoms with E-state index in [1.807, 2.05) is 6.92 Å². The molecule has 0 aliphatic heterocycles. The Morgan fingerprint density at radius 1 is 1.33 bits per heavy atom. The molecule has 0 aromatic rings. The van der Waals surface area contributed by atoms with Crippen LogP contribution in [-0.2, 0) is 4.79 Å². The van der Waals surface area contributed by atoms with E-state index in [-0.39, 0.29) is 17.9 Å². The molecule has 5 heteroatoms. The van der Waals surface area contributed by atoms with Crippen molar-refractivity contribution in [1.82, 2.24) is 5.32 Å². The second kappa shape index (κ2) is 5.00. The highest BCUT2D eigenvalue weighted by molar-refractivity contribution is 5.76. The minimum Gasteiger partial charge on any atom is -0.465 e. The summed E-state index contributed by atoms with van der Waals surface area (Å²) in [7, 11) is 0. The van der Waals surface area contributed by atoms with Crippen LogP contribution in [0.15, 0.2) is 0 Å². The molecule has 0 aromatic heterocycles. The van der Waals surface area contributed by atoms with Crippen molar-refractivity contribution in [3.05, 3.63) is 0 Å². The highest BCUT2D eigenvalue weighted by Crippen LogP contribution is 2.30. The van der Waals surface area contributed by atoms with Crippen LogP contribution < -0.4 is 11.1 Å². The van der Waals surface area contributed by atoms with Crippen molar-refractivity contribution in [1.29, 1.82) is 0 Å². The first-order valence-electron chi connectivity index (χ1n) is 5.29. The van der Waals surface area contributed by atoms with Crippen molar-refractivity contribution in [2.24, 2.45) is 17.6 Å². The molecule has 0 bridgehead atoms. The monoisotopic (exact) mass is 214 g/mol. The Bertz CT molecular complexity index is 247. The predicted octanol–water partition coefficient (Wildman–Crippen LogP) is 0.934. The molecule has 1 saturated carbocycles. The van der Waals surface area contributed by atoms with Gasteiger partial charge in [0.25, 0.3) is 0 Å². The lowest BCUT2D eigenvalue weighted by Crippen LogP contribution is -2.40. The smallest absolute Gasteiger partial charge is 0.404 e. The Hall–Kier alpha value is -1.26. The number of hydrogen-bond donors (Lipinski definition) is 3. The van der Waals surface area contributed by atoms with Crippen LogP contribution in [0.5, 0.6) is 0 Å². The second-order valence-corrected chi connectivity index (χ2v) is 4.25. The summed E-state index contributed by atoms with van der Waals surface area (Å²) >= 11 is 0. The van der Waals surface area contributed by atoms with E-state index in [1.54, 1.807) is 0 Å². The largest absolute Gasteiger partial charge is 0.465 e. The Kier molecular flexibility index (Phi) is 3.94. The van der Waals surface area contributed by atoms with Crippen LogP contribution in [0.1, 0.15) is 32.6 Å². The van der Waals surface area contributed by atoms with Gasteiger partial charge in [0, 0.05) is 12.0 Å². The molecule has 1 atom stereocenters.